The lowest BCUT2D eigenvalue weighted by atomic mass is 9.82. The molecule has 0 aromatic carbocycles. The maximum Gasteiger partial charge on any atom is 0.0117 e. The lowest BCUT2D eigenvalue weighted by molar-refractivity contribution is 0.0741. The molecule has 2 unspecified atom stereocenters. The highest BCUT2D eigenvalue weighted by molar-refractivity contribution is 4.87. The van der Waals surface area contributed by atoms with Crippen LogP contribution in [-0.4, -0.2) is 36.6 Å². The van der Waals surface area contributed by atoms with Gasteiger partial charge in [0, 0.05) is 18.6 Å². The highest BCUT2D eigenvalue weighted by atomic mass is 15.2. The van der Waals surface area contributed by atoms with E-state index in [9.17, 15) is 0 Å². The van der Waals surface area contributed by atoms with E-state index in [1.807, 2.05) is 0 Å². The van der Waals surface area contributed by atoms with Gasteiger partial charge in [0.25, 0.3) is 0 Å². The Morgan fingerprint density at radius 1 is 1.06 bits per heavy atom. The Morgan fingerprint density at radius 3 is 2.33 bits per heavy atom. The molecular weight excluding hydrogens is 220 g/mol. The second-order valence-corrected chi connectivity index (χ2v) is 6.51. The number of likely N-dealkylation sites (tertiary alicyclic amines) is 1. The molecule has 0 amide bonds. The van der Waals surface area contributed by atoms with Gasteiger partial charge in [0.2, 0.25) is 0 Å². The molecule has 2 rings (SSSR count). The zero-order valence-electron chi connectivity index (χ0n) is 12.6. The van der Waals surface area contributed by atoms with E-state index in [0.717, 1.165) is 30.5 Å². The van der Waals surface area contributed by atoms with Gasteiger partial charge in [-0.05, 0) is 57.0 Å². The molecule has 2 aliphatic rings. The largest absolute Gasteiger partial charge is 0.314 e. The van der Waals surface area contributed by atoms with Crippen LogP contribution in [0.15, 0.2) is 0 Å². The number of nitrogens with one attached hydrogen (secondary N) is 1. The van der Waals surface area contributed by atoms with E-state index in [0.29, 0.717) is 0 Å². The predicted octanol–water partition coefficient (Wildman–Crippen LogP) is 3.28. The number of rotatable bonds is 4. The molecule has 1 aliphatic carbocycles. The molecule has 2 nitrogen and oxygen atoms in total. The lowest BCUT2D eigenvalue weighted by Gasteiger charge is -2.43. The molecule has 18 heavy (non-hydrogen) atoms. The van der Waals surface area contributed by atoms with Crippen molar-refractivity contribution < 1.29 is 0 Å². The summed E-state index contributed by atoms with van der Waals surface area (Å²) in [6.45, 7) is 10.8. The van der Waals surface area contributed by atoms with Crippen LogP contribution >= 0.6 is 0 Å². The third kappa shape index (κ3) is 3.48. The minimum absolute atomic E-state index is 0.762. The fraction of sp³-hybridized carbons (Fsp3) is 1.00. The predicted molar refractivity (Wildman–Crippen MR) is 78.9 cm³/mol. The highest BCUT2D eigenvalue weighted by Gasteiger charge is 2.31. The first-order valence-electron chi connectivity index (χ1n) is 8.22. The SMILES string of the molecule is CCNC1CCN(C2CCC(CC)CC2)CC1C. The Labute approximate surface area is 114 Å². The van der Waals surface area contributed by atoms with Gasteiger partial charge in [-0.25, -0.2) is 0 Å². The van der Waals surface area contributed by atoms with E-state index in [4.69, 9.17) is 0 Å². The van der Waals surface area contributed by atoms with E-state index in [-0.39, 0.29) is 0 Å². The molecule has 0 bridgehead atoms. The Bertz CT molecular complexity index is 233. The van der Waals surface area contributed by atoms with Gasteiger partial charge < -0.3 is 10.2 Å². The smallest absolute Gasteiger partial charge is 0.0117 e. The second-order valence-electron chi connectivity index (χ2n) is 6.51. The summed E-state index contributed by atoms with van der Waals surface area (Å²) >= 11 is 0. The summed E-state index contributed by atoms with van der Waals surface area (Å²) in [5.41, 5.74) is 0. The number of hydrogen-bond acceptors (Lipinski definition) is 2. The summed E-state index contributed by atoms with van der Waals surface area (Å²) in [5, 5.41) is 3.65. The molecule has 1 heterocycles. The van der Waals surface area contributed by atoms with Crippen molar-refractivity contribution in [3.8, 4) is 0 Å². The van der Waals surface area contributed by atoms with Gasteiger partial charge in [-0.1, -0.05) is 27.2 Å². The Balaban J connectivity index is 1.78. The van der Waals surface area contributed by atoms with Crippen molar-refractivity contribution in [2.24, 2.45) is 11.8 Å². The van der Waals surface area contributed by atoms with E-state index >= 15 is 0 Å². The molecule has 2 heteroatoms. The maximum atomic E-state index is 3.65. The van der Waals surface area contributed by atoms with Crippen LogP contribution in [0.5, 0.6) is 0 Å². The Morgan fingerprint density at radius 2 is 1.78 bits per heavy atom. The van der Waals surface area contributed by atoms with Crippen LogP contribution in [-0.2, 0) is 0 Å². The summed E-state index contributed by atoms with van der Waals surface area (Å²) in [5.74, 6) is 1.85. The van der Waals surface area contributed by atoms with Crippen LogP contribution in [0.4, 0.5) is 0 Å². The van der Waals surface area contributed by atoms with Gasteiger partial charge >= 0.3 is 0 Å². The van der Waals surface area contributed by atoms with Crippen molar-refractivity contribution in [1.82, 2.24) is 10.2 Å². The molecule has 1 aliphatic heterocycles. The molecule has 0 aromatic rings. The fourth-order valence-corrected chi connectivity index (χ4v) is 3.99. The summed E-state index contributed by atoms with van der Waals surface area (Å²) in [7, 11) is 0. The van der Waals surface area contributed by atoms with Gasteiger partial charge in [0.05, 0.1) is 0 Å². The normalized spacial score (nSPS) is 38.8. The monoisotopic (exact) mass is 252 g/mol. The van der Waals surface area contributed by atoms with E-state index in [2.05, 4.69) is 31.0 Å². The highest BCUT2D eigenvalue weighted by Crippen LogP contribution is 2.31. The first kappa shape index (κ1) is 14.3. The van der Waals surface area contributed by atoms with Crippen LogP contribution in [0.2, 0.25) is 0 Å². The topological polar surface area (TPSA) is 15.3 Å². The molecule has 0 spiro atoms. The number of nitrogens with zero attached hydrogens (tertiary/aromatic N) is 1. The zero-order chi connectivity index (χ0) is 13.0. The zero-order valence-corrected chi connectivity index (χ0v) is 12.6. The fourth-order valence-electron chi connectivity index (χ4n) is 3.99. The van der Waals surface area contributed by atoms with E-state index in [1.165, 1.54) is 51.6 Å². The van der Waals surface area contributed by atoms with Crippen LogP contribution in [0.25, 0.3) is 0 Å². The molecule has 106 valence electrons. The van der Waals surface area contributed by atoms with Gasteiger partial charge in [-0.15, -0.1) is 0 Å². The third-order valence-electron chi connectivity index (χ3n) is 5.31. The summed E-state index contributed by atoms with van der Waals surface area (Å²) in [6.07, 6.45) is 8.61. The Kier molecular flexibility index (Phi) is 5.50. The van der Waals surface area contributed by atoms with Crippen molar-refractivity contribution in [2.75, 3.05) is 19.6 Å². The van der Waals surface area contributed by atoms with Crippen molar-refractivity contribution >= 4 is 0 Å². The number of piperidine rings is 1. The molecule has 2 atom stereocenters. The average molecular weight is 252 g/mol. The molecule has 0 aromatic heterocycles. The minimum Gasteiger partial charge on any atom is -0.314 e. The van der Waals surface area contributed by atoms with Crippen molar-refractivity contribution in [2.45, 2.75) is 71.4 Å². The third-order valence-corrected chi connectivity index (χ3v) is 5.31. The quantitative estimate of drug-likeness (QED) is 0.826. The first-order valence-corrected chi connectivity index (χ1v) is 8.22. The van der Waals surface area contributed by atoms with Crippen molar-refractivity contribution in [3.63, 3.8) is 0 Å². The summed E-state index contributed by atoms with van der Waals surface area (Å²) in [6, 6.07) is 1.66. The standard InChI is InChI=1S/C16H32N2/c1-4-14-6-8-15(9-7-14)18-11-10-16(17-5-2)13(3)12-18/h13-17H,4-12H2,1-3H3. The molecule has 1 saturated carbocycles. The first-order chi connectivity index (χ1) is 8.74. The molecule has 1 saturated heterocycles. The molecule has 1 N–H and O–H groups in total. The Hall–Kier alpha value is -0.0800. The average Bonchev–Trinajstić information content (AvgIpc) is 2.41. The van der Waals surface area contributed by atoms with Gasteiger partial charge in [0.15, 0.2) is 0 Å². The van der Waals surface area contributed by atoms with Crippen molar-refractivity contribution in [3.05, 3.63) is 0 Å². The van der Waals surface area contributed by atoms with Gasteiger partial charge in [0.1, 0.15) is 0 Å². The van der Waals surface area contributed by atoms with Crippen LogP contribution in [0.1, 0.15) is 59.3 Å². The summed E-state index contributed by atoms with van der Waals surface area (Å²) in [4.78, 5) is 2.80. The van der Waals surface area contributed by atoms with E-state index < -0.39 is 0 Å². The van der Waals surface area contributed by atoms with E-state index in [1.54, 1.807) is 0 Å². The van der Waals surface area contributed by atoms with Gasteiger partial charge in [-0.3, -0.25) is 0 Å². The maximum absolute atomic E-state index is 3.65. The summed E-state index contributed by atoms with van der Waals surface area (Å²) < 4.78 is 0. The number of hydrogen-bond donors (Lipinski definition) is 1. The van der Waals surface area contributed by atoms with Crippen LogP contribution in [0, 0.1) is 11.8 Å². The van der Waals surface area contributed by atoms with Crippen molar-refractivity contribution in [1.29, 1.82) is 0 Å². The van der Waals surface area contributed by atoms with Crippen LogP contribution < -0.4 is 5.32 Å². The minimum atomic E-state index is 0.762. The second kappa shape index (κ2) is 6.91. The molecular formula is C16H32N2. The molecule has 0 radical (unpaired) electrons. The van der Waals surface area contributed by atoms with Gasteiger partial charge in [-0.2, -0.15) is 0 Å². The lowest BCUT2D eigenvalue weighted by Crippen LogP contribution is -2.52. The molecule has 2 fully saturated rings. The van der Waals surface area contributed by atoms with Crippen LogP contribution in [0.3, 0.4) is 0 Å².